The van der Waals surface area contributed by atoms with Gasteiger partial charge in [0.15, 0.2) is 0 Å². The van der Waals surface area contributed by atoms with Gasteiger partial charge in [0.05, 0.1) is 0 Å². The van der Waals surface area contributed by atoms with Crippen LogP contribution in [0.2, 0.25) is 0 Å². The molecule has 19 heavy (non-hydrogen) atoms. The molecule has 1 aromatic heterocycles. The van der Waals surface area contributed by atoms with Gasteiger partial charge in [-0.05, 0) is 28.5 Å². The lowest BCUT2D eigenvalue weighted by atomic mass is 10.3. The highest BCUT2D eigenvalue weighted by molar-refractivity contribution is 7.08. The Morgan fingerprint density at radius 1 is 1.37 bits per heavy atom. The Balaban J connectivity index is 0.00000133. The minimum absolute atomic E-state index is 0. The van der Waals surface area contributed by atoms with Gasteiger partial charge in [0.1, 0.15) is 5.70 Å². The molecule has 0 aliphatic carbocycles. The molecule has 1 amide bonds. The van der Waals surface area contributed by atoms with Crippen molar-refractivity contribution in [1.29, 1.82) is 0 Å². The fraction of sp³-hybridized carbons (Fsp3) is 0.333. The van der Waals surface area contributed by atoms with Gasteiger partial charge in [-0.1, -0.05) is 0 Å². The van der Waals surface area contributed by atoms with Crippen LogP contribution in [0, 0.1) is 0 Å². The van der Waals surface area contributed by atoms with Gasteiger partial charge in [0, 0.05) is 26.2 Å². The minimum Gasteiger partial charge on any atom is -0.340 e. The van der Waals surface area contributed by atoms with Crippen LogP contribution in [-0.2, 0) is 4.79 Å². The molecule has 1 aromatic rings. The maximum absolute atomic E-state index is 11.8. The zero-order valence-corrected chi connectivity index (χ0v) is 11.9. The van der Waals surface area contributed by atoms with Crippen molar-refractivity contribution in [3.05, 3.63) is 28.1 Å². The number of nitrogens with zero attached hydrogens (tertiary/aromatic N) is 2. The average Bonchev–Trinajstić information content (AvgIpc) is 3.02. The molecule has 1 fully saturated rings. The monoisotopic (exact) mass is 298 g/mol. The number of guanidine groups is 1. The summed E-state index contributed by atoms with van der Waals surface area (Å²) in [6, 6.07) is 1.98. The van der Waals surface area contributed by atoms with E-state index < -0.39 is 0 Å². The third-order valence-electron chi connectivity index (χ3n) is 2.95. The van der Waals surface area contributed by atoms with E-state index >= 15 is 0 Å². The van der Waals surface area contributed by atoms with Crippen LogP contribution in [-0.4, -0.2) is 42.9 Å². The number of rotatable bonds is 1. The first-order valence-corrected chi connectivity index (χ1v) is 6.87. The van der Waals surface area contributed by atoms with Gasteiger partial charge < -0.3 is 10.2 Å². The molecule has 2 aliphatic rings. The van der Waals surface area contributed by atoms with Crippen molar-refractivity contribution in [2.45, 2.75) is 0 Å². The Kier molecular flexibility index (Phi) is 4.57. The van der Waals surface area contributed by atoms with Crippen LogP contribution in [0.15, 0.2) is 27.5 Å². The standard InChI is InChI=1S/C12H14N4OS.ClH/c17-11-10(7-9-1-6-18-8-9)14-12(15-11)16-4-2-13-3-5-16;/h1,6-8,13H,2-5H2,(H,14,15,17);1H. The fourth-order valence-corrected chi connectivity index (χ4v) is 2.62. The van der Waals surface area contributed by atoms with Crippen molar-refractivity contribution in [2.75, 3.05) is 26.2 Å². The second-order valence-corrected chi connectivity index (χ2v) is 4.99. The van der Waals surface area contributed by atoms with Gasteiger partial charge in [-0.3, -0.25) is 10.1 Å². The maximum atomic E-state index is 11.8. The summed E-state index contributed by atoms with van der Waals surface area (Å²) in [6.45, 7) is 3.62. The molecule has 2 N–H and O–H groups in total. The molecule has 0 saturated carbocycles. The molecule has 0 spiro atoms. The van der Waals surface area contributed by atoms with E-state index in [1.54, 1.807) is 11.3 Å². The van der Waals surface area contributed by atoms with E-state index in [1.165, 1.54) is 0 Å². The molecular weight excluding hydrogens is 284 g/mol. The summed E-state index contributed by atoms with van der Waals surface area (Å²) < 4.78 is 0. The number of carbonyl (C=O) groups is 1. The second-order valence-electron chi connectivity index (χ2n) is 4.21. The largest absolute Gasteiger partial charge is 0.340 e. The van der Waals surface area contributed by atoms with Crippen LogP contribution in [0.1, 0.15) is 5.56 Å². The molecule has 2 aliphatic heterocycles. The van der Waals surface area contributed by atoms with Crippen molar-refractivity contribution >= 4 is 41.7 Å². The lowest BCUT2D eigenvalue weighted by Gasteiger charge is -2.28. The molecule has 102 valence electrons. The number of aliphatic imine (C=N–C) groups is 1. The molecule has 0 atom stereocenters. The Morgan fingerprint density at radius 3 is 2.84 bits per heavy atom. The van der Waals surface area contributed by atoms with Crippen molar-refractivity contribution in [1.82, 2.24) is 15.5 Å². The summed E-state index contributed by atoms with van der Waals surface area (Å²) in [5, 5.41) is 10.1. The van der Waals surface area contributed by atoms with Crippen LogP contribution >= 0.6 is 23.7 Å². The number of carbonyl (C=O) groups excluding carboxylic acids is 1. The molecule has 7 heteroatoms. The average molecular weight is 299 g/mol. The molecule has 5 nitrogen and oxygen atoms in total. The lowest BCUT2D eigenvalue weighted by Crippen LogP contribution is -2.50. The lowest BCUT2D eigenvalue weighted by molar-refractivity contribution is -0.115. The Hall–Kier alpha value is -1.37. The topological polar surface area (TPSA) is 56.7 Å². The smallest absolute Gasteiger partial charge is 0.276 e. The number of piperazine rings is 1. The first-order valence-electron chi connectivity index (χ1n) is 5.92. The summed E-state index contributed by atoms with van der Waals surface area (Å²) in [4.78, 5) is 18.3. The zero-order chi connectivity index (χ0) is 12.4. The third kappa shape index (κ3) is 3.15. The van der Waals surface area contributed by atoms with E-state index in [0.717, 1.165) is 31.7 Å². The van der Waals surface area contributed by atoms with Crippen molar-refractivity contribution in [3.8, 4) is 0 Å². The molecule has 0 bridgehead atoms. The summed E-state index contributed by atoms with van der Waals surface area (Å²) in [7, 11) is 0. The maximum Gasteiger partial charge on any atom is 0.276 e. The third-order valence-corrected chi connectivity index (χ3v) is 3.65. The number of thiophene rings is 1. The number of amides is 1. The molecular formula is C12H15ClN4OS. The predicted octanol–water partition coefficient (Wildman–Crippen LogP) is 0.902. The summed E-state index contributed by atoms with van der Waals surface area (Å²) in [6.07, 6.45) is 1.82. The highest BCUT2D eigenvalue weighted by Gasteiger charge is 2.25. The van der Waals surface area contributed by atoms with E-state index in [9.17, 15) is 4.79 Å². The fourth-order valence-electron chi connectivity index (χ4n) is 2.00. The number of hydrogen-bond donors (Lipinski definition) is 2. The Morgan fingerprint density at radius 2 is 2.16 bits per heavy atom. The first-order chi connectivity index (χ1) is 8.83. The van der Waals surface area contributed by atoms with E-state index in [1.807, 2.05) is 22.9 Å². The van der Waals surface area contributed by atoms with E-state index in [-0.39, 0.29) is 18.3 Å². The molecule has 1 saturated heterocycles. The normalized spacial score (nSPS) is 21.1. The molecule has 0 radical (unpaired) electrons. The highest BCUT2D eigenvalue weighted by Crippen LogP contribution is 2.15. The van der Waals surface area contributed by atoms with Crippen LogP contribution in [0.4, 0.5) is 0 Å². The SMILES string of the molecule is Cl.O=C1NC(N2CCNCC2)=NC1=Cc1ccsc1. The van der Waals surface area contributed by atoms with Gasteiger partial charge in [-0.25, -0.2) is 4.99 Å². The van der Waals surface area contributed by atoms with Crippen LogP contribution in [0.3, 0.4) is 0 Å². The van der Waals surface area contributed by atoms with Gasteiger partial charge >= 0.3 is 0 Å². The second kappa shape index (κ2) is 6.18. The minimum atomic E-state index is -0.116. The zero-order valence-electron chi connectivity index (χ0n) is 10.3. The number of nitrogens with one attached hydrogen (secondary N) is 2. The molecule has 3 heterocycles. The van der Waals surface area contributed by atoms with Crippen LogP contribution in [0.25, 0.3) is 6.08 Å². The van der Waals surface area contributed by atoms with Crippen LogP contribution < -0.4 is 10.6 Å². The number of hydrogen-bond acceptors (Lipinski definition) is 5. The summed E-state index contributed by atoms with van der Waals surface area (Å²) in [5.41, 5.74) is 1.51. The van der Waals surface area contributed by atoms with E-state index in [2.05, 4.69) is 20.5 Å². The van der Waals surface area contributed by atoms with Gasteiger partial charge in [-0.2, -0.15) is 11.3 Å². The van der Waals surface area contributed by atoms with Crippen molar-refractivity contribution in [2.24, 2.45) is 4.99 Å². The van der Waals surface area contributed by atoms with Crippen molar-refractivity contribution < 1.29 is 4.79 Å². The van der Waals surface area contributed by atoms with E-state index in [0.29, 0.717) is 11.7 Å². The molecule has 0 unspecified atom stereocenters. The Bertz CT molecular complexity index is 506. The van der Waals surface area contributed by atoms with Crippen molar-refractivity contribution in [3.63, 3.8) is 0 Å². The van der Waals surface area contributed by atoms with E-state index in [4.69, 9.17) is 0 Å². The summed E-state index contributed by atoms with van der Waals surface area (Å²) in [5.74, 6) is 0.567. The number of halogens is 1. The predicted molar refractivity (Wildman–Crippen MR) is 79.6 cm³/mol. The summed E-state index contributed by atoms with van der Waals surface area (Å²) >= 11 is 1.61. The van der Waals surface area contributed by atoms with Gasteiger partial charge in [0.25, 0.3) is 5.91 Å². The molecule has 3 rings (SSSR count). The van der Waals surface area contributed by atoms with Crippen LogP contribution in [0.5, 0.6) is 0 Å². The first kappa shape index (κ1) is 14.0. The quantitative estimate of drug-likeness (QED) is 0.758. The highest BCUT2D eigenvalue weighted by atomic mass is 35.5. The van der Waals surface area contributed by atoms with Gasteiger partial charge in [-0.15, -0.1) is 12.4 Å². The Labute approximate surface area is 121 Å². The van der Waals surface area contributed by atoms with Gasteiger partial charge in [0.2, 0.25) is 5.96 Å². The molecule has 0 aromatic carbocycles.